The Bertz CT molecular complexity index is 1110. The molecule has 0 saturated carbocycles. The lowest BCUT2D eigenvalue weighted by molar-refractivity contribution is -0.113. The Morgan fingerprint density at radius 2 is 2.00 bits per heavy atom. The van der Waals surface area contributed by atoms with E-state index in [4.69, 9.17) is 27.9 Å². The number of allylic oxidation sites excluding steroid dienone is 2. The molecule has 154 valence electrons. The number of rotatable bonds is 5. The van der Waals surface area contributed by atoms with E-state index in [1.165, 1.54) is 18.9 Å². The molecule has 8 heteroatoms. The monoisotopic (exact) mass is 459 g/mol. The first kappa shape index (κ1) is 22.1. The van der Waals surface area contributed by atoms with Crippen LogP contribution < -0.4 is 15.4 Å². The van der Waals surface area contributed by atoms with Crippen molar-refractivity contribution in [2.24, 2.45) is 0 Å². The molecule has 0 bridgehead atoms. The second-order valence-corrected chi connectivity index (χ2v) is 8.14. The number of hydrogen-bond acceptors (Lipinski definition) is 5. The fourth-order valence-corrected chi connectivity index (χ4v) is 4.51. The summed E-state index contributed by atoms with van der Waals surface area (Å²) in [6.45, 7) is 1.80. The molecule has 2 aromatic carbocycles. The van der Waals surface area contributed by atoms with Gasteiger partial charge in [0, 0.05) is 21.3 Å². The Labute approximate surface area is 189 Å². The van der Waals surface area contributed by atoms with Gasteiger partial charge in [-0.05, 0) is 43.0 Å². The van der Waals surface area contributed by atoms with E-state index in [0.717, 1.165) is 0 Å². The third-order valence-corrected chi connectivity index (χ3v) is 6.02. The van der Waals surface area contributed by atoms with Crippen LogP contribution in [0.2, 0.25) is 10.0 Å². The van der Waals surface area contributed by atoms with Gasteiger partial charge in [0.1, 0.15) is 5.75 Å². The number of dihydropyridines is 1. The first-order valence-electron chi connectivity index (χ1n) is 8.96. The van der Waals surface area contributed by atoms with E-state index in [0.29, 0.717) is 48.9 Å². The van der Waals surface area contributed by atoms with E-state index >= 15 is 0 Å². The van der Waals surface area contributed by atoms with Crippen molar-refractivity contribution in [3.63, 3.8) is 0 Å². The van der Waals surface area contributed by atoms with E-state index in [9.17, 15) is 10.1 Å². The largest absolute Gasteiger partial charge is 0.495 e. The number of para-hydroxylation sites is 2. The Hall–Kier alpha value is -2.59. The molecule has 0 fully saturated rings. The van der Waals surface area contributed by atoms with Crippen LogP contribution in [0, 0.1) is 11.3 Å². The topological polar surface area (TPSA) is 74.2 Å². The van der Waals surface area contributed by atoms with E-state index < -0.39 is 5.92 Å². The second-order valence-electron chi connectivity index (χ2n) is 6.48. The Kier molecular flexibility index (Phi) is 6.99. The highest BCUT2D eigenvalue weighted by atomic mass is 35.5. The van der Waals surface area contributed by atoms with Gasteiger partial charge in [-0.15, -0.1) is 11.8 Å². The van der Waals surface area contributed by atoms with Crippen molar-refractivity contribution in [2.75, 3.05) is 18.7 Å². The highest BCUT2D eigenvalue weighted by molar-refractivity contribution is 8.02. The van der Waals surface area contributed by atoms with Crippen LogP contribution in [0.5, 0.6) is 5.75 Å². The van der Waals surface area contributed by atoms with Gasteiger partial charge in [0.15, 0.2) is 0 Å². The zero-order chi connectivity index (χ0) is 21.8. The maximum atomic E-state index is 13.4. The number of carbonyl (C=O) groups excluding carboxylic acids is 1. The third kappa shape index (κ3) is 4.29. The van der Waals surface area contributed by atoms with Crippen molar-refractivity contribution in [1.82, 2.24) is 5.32 Å². The van der Waals surface area contributed by atoms with E-state index in [2.05, 4.69) is 16.7 Å². The molecule has 0 radical (unpaired) electrons. The fraction of sp³-hybridized carbons (Fsp3) is 0.182. The van der Waals surface area contributed by atoms with Crippen molar-refractivity contribution < 1.29 is 9.53 Å². The number of nitrogens with zero attached hydrogens (tertiary/aromatic N) is 1. The standard InChI is InChI=1S/C22H19Cl2N3O2S/c1-12-19(21(28)27-17-6-4-5-7-18(17)29-2)20(15(11-25)22(26-12)30-3)14-9-8-13(23)10-16(14)24/h4-10,20,26H,1-3H3,(H,27,28). The summed E-state index contributed by atoms with van der Waals surface area (Å²) < 4.78 is 5.33. The molecule has 30 heavy (non-hydrogen) atoms. The van der Waals surface area contributed by atoms with Gasteiger partial charge in [-0.3, -0.25) is 4.79 Å². The third-order valence-electron chi connectivity index (χ3n) is 4.72. The summed E-state index contributed by atoms with van der Waals surface area (Å²) in [5.41, 5.74) is 2.63. The lowest BCUT2D eigenvalue weighted by Gasteiger charge is -2.30. The lowest BCUT2D eigenvalue weighted by atomic mass is 9.82. The minimum absolute atomic E-state index is 0.353. The SMILES string of the molecule is COc1ccccc1NC(=O)C1=C(C)NC(SC)=C(C#N)C1c1ccc(Cl)cc1Cl. The number of nitriles is 1. The van der Waals surface area contributed by atoms with Crippen molar-refractivity contribution in [3.05, 3.63) is 79.9 Å². The minimum Gasteiger partial charge on any atom is -0.495 e. The summed E-state index contributed by atoms with van der Waals surface area (Å²) >= 11 is 14.0. The average molecular weight is 460 g/mol. The van der Waals surface area contributed by atoms with Crippen LogP contribution in [0.15, 0.2) is 64.3 Å². The summed E-state index contributed by atoms with van der Waals surface area (Å²) in [5.74, 6) is -0.457. The quantitative estimate of drug-likeness (QED) is 0.599. The molecule has 1 aliphatic rings. The van der Waals surface area contributed by atoms with Crippen LogP contribution >= 0.6 is 35.0 Å². The summed E-state index contributed by atoms with van der Waals surface area (Å²) in [6.07, 6.45) is 1.87. The lowest BCUT2D eigenvalue weighted by Crippen LogP contribution is -2.30. The number of hydrogen-bond donors (Lipinski definition) is 2. The number of ether oxygens (including phenoxy) is 1. The van der Waals surface area contributed by atoms with Gasteiger partial charge in [0.25, 0.3) is 5.91 Å². The molecular formula is C22H19Cl2N3O2S. The van der Waals surface area contributed by atoms with Crippen molar-refractivity contribution in [1.29, 1.82) is 5.26 Å². The van der Waals surface area contributed by atoms with Gasteiger partial charge in [0.2, 0.25) is 0 Å². The smallest absolute Gasteiger partial charge is 0.254 e. The van der Waals surface area contributed by atoms with Crippen molar-refractivity contribution in [2.45, 2.75) is 12.8 Å². The van der Waals surface area contributed by atoms with Crippen LogP contribution in [-0.4, -0.2) is 19.3 Å². The van der Waals surface area contributed by atoms with Crippen molar-refractivity contribution >= 4 is 46.6 Å². The molecule has 2 N–H and O–H groups in total. The van der Waals surface area contributed by atoms with Gasteiger partial charge in [0.05, 0.1) is 35.4 Å². The molecule has 1 amide bonds. The van der Waals surface area contributed by atoms with Crippen LogP contribution in [0.1, 0.15) is 18.4 Å². The van der Waals surface area contributed by atoms with Gasteiger partial charge < -0.3 is 15.4 Å². The number of amides is 1. The molecule has 5 nitrogen and oxygen atoms in total. The van der Waals surface area contributed by atoms with Gasteiger partial charge >= 0.3 is 0 Å². The highest BCUT2D eigenvalue weighted by Gasteiger charge is 2.35. The molecule has 0 saturated heterocycles. The first-order valence-corrected chi connectivity index (χ1v) is 10.9. The molecule has 1 heterocycles. The molecule has 0 aliphatic carbocycles. The highest BCUT2D eigenvalue weighted by Crippen LogP contribution is 2.43. The van der Waals surface area contributed by atoms with Crippen LogP contribution in [0.25, 0.3) is 0 Å². The summed E-state index contributed by atoms with van der Waals surface area (Å²) in [7, 11) is 1.54. The Balaban J connectivity index is 2.12. The van der Waals surface area contributed by atoms with Crippen LogP contribution in [0.3, 0.4) is 0 Å². The Morgan fingerprint density at radius 3 is 2.63 bits per heavy atom. The molecule has 1 unspecified atom stereocenters. The fourth-order valence-electron chi connectivity index (χ4n) is 3.36. The number of methoxy groups -OCH3 is 1. The van der Waals surface area contributed by atoms with Crippen molar-refractivity contribution in [3.8, 4) is 11.8 Å². The average Bonchev–Trinajstić information content (AvgIpc) is 2.73. The number of halogens is 2. The minimum atomic E-state index is -0.641. The summed E-state index contributed by atoms with van der Waals surface area (Å²) in [6, 6.07) is 14.4. The van der Waals surface area contributed by atoms with Gasteiger partial charge in [-0.2, -0.15) is 5.26 Å². The first-order chi connectivity index (χ1) is 14.4. The number of carbonyl (C=O) groups is 1. The van der Waals surface area contributed by atoms with E-state index in [-0.39, 0.29) is 5.91 Å². The molecule has 1 aliphatic heterocycles. The predicted octanol–water partition coefficient (Wildman–Crippen LogP) is 5.70. The zero-order valence-electron chi connectivity index (χ0n) is 16.5. The molecular weight excluding hydrogens is 441 g/mol. The molecule has 3 rings (SSSR count). The van der Waals surface area contributed by atoms with E-state index in [1.54, 1.807) is 43.3 Å². The number of thioether (sulfide) groups is 1. The van der Waals surface area contributed by atoms with Gasteiger partial charge in [-0.25, -0.2) is 0 Å². The summed E-state index contributed by atoms with van der Waals surface area (Å²) in [5, 5.41) is 17.5. The van der Waals surface area contributed by atoms with Gasteiger partial charge in [-0.1, -0.05) is 41.4 Å². The van der Waals surface area contributed by atoms with Crippen LogP contribution in [0.4, 0.5) is 5.69 Å². The number of benzene rings is 2. The zero-order valence-corrected chi connectivity index (χ0v) is 18.9. The molecule has 1 atom stereocenters. The molecule has 0 aromatic heterocycles. The number of anilines is 1. The normalized spacial score (nSPS) is 16.1. The molecule has 2 aromatic rings. The Morgan fingerprint density at radius 1 is 1.27 bits per heavy atom. The summed E-state index contributed by atoms with van der Waals surface area (Å²) in [4.78, 5) is 13.4. The second kappa shape index (κ2) is 9.48. The predicted molar refractivity (Wildman–Crippen MR) is 123 cm³/mol. The maximum absolute atomic E-state index is 13.4. The molecule has 0 spiro atoms. The number of nitrogens with one attached hydrogen (secondary N) is 2. The van der Waals surface area contributed by atoms with E-state index in [1.807, 2.05) is 12.3 Å². The van der Waals surface area contributed by atoms with Crippen LogP contribution in [-0.2, 0) is 4.79 Å². The maximum Gasteiger partial charge on any atom is 0.254 e.